The van der Waals surface area contributed by atoms with Gasteiger partial charge in [0.1, 0.15) is 0 Å². The molecule has 0 unspecified atom stereocenters. The van der Waals surface area contributed by atoms with E-state index in [4.69, 9.17) is 9.97 Å². The summed E-state index contributed by atoms with van der Waals surface area (Å²) in [6, 6.07) is 69.8. The van der Waals surface area contributed by atoms with E-state index in [1.165, 1.54) is 74.7 Å². The first-order chi connectivity index (χ1) is 27.2. The van der Waals surface area contributed by atoms with Crippen molar-refractivity contribution in [3.05, 3.63) is 194 Å². The molecule has 2 heterocycles. The third kappa shape index (κ3) is 5.48. The molecule has 0 radical (unpaired) electrons. The van der Waals surface area contributed by atoms with Crippen LogP contribution in [0.15, 0.2) is 194 Å². The molecule has 2 aromatic heterocycles. The molecule has 0 aliphatic carbocycles. The molecule has 0 saturated carbocycles. The molecule has 55 heavy (non-hydrogen) atoms. The van der Waals surface area contributed by atoms with Crippen molar-refractivity contribution in [1.29, 1.82) is 0 Å². The van der Waals surface area contributed by atoms with Gasteiger partial charge in [0.15, 0.2) is 5.82 Å². The van der Waals surface area contributed by atoms with Crippen molar-refractivity contribution in [1.82, 2.24) is 9.97 Å². The van der Waals surface area contributed by atoms with Gasteiger partial charge in [-0.25, -0.2) is 9.97 Å². The van der Waals surface area contributed by atoms with Gasteiger partial charge in [0.05, 0.1) is 11.4 Å². The first kappa shape index (κ1) is 31.6. The zero-order valence-electron chi connectivity index (χ0n) is 29.8. The Labute approximate surface area is 322 Å². The summed E-state index contributed by atoms with van der Waals surface area (Å²) in [7, 11) is 0. The molecule has 0 aliphatic heterocycles. The summed E-state index contributed by atoms with van der Waals surface area (Å²) in [5.41, 5.74) is 9.70. The van der Waals surface area contributed by atoms with Gasteiger partial charge in [0, 0.05) is 36.9 Å². The second-order valence-electron chi connectivity index (χ2n) is 14.1. The monoisotopic (exact) mass is 716 g/mol. The lowest BCUT2D eigenvalue weighted by Crippen LogP contribution is -1.96. The Balaban J connectivity index is 0.999. The quantitative estimate of drug-likeness (QED) is 0.131. The van der Waals surface area contributed by atoms with Crippen molar-refractivity contribution < 1.29 is 0 Å². The Morgan fingerprint density at radius 2 is 0.873 bits per heavy atom. The molecule has 11 rings (SSSR count). The molecule has 0 N–H and O–H groups in total. The molecule has 0 spiro atoms. The van der Waals surface area contributed by atoms with E-state index in [0.29, 0.717) is 5.82 Å². The Hall–Kier alpha value is -6.94. The second kappa shape index (κ2) is 12.9. The molecule has 11 aromatic rings. The summed E-state index contributed by atoms with van der Waals surface area (Å²) in [5.74, 6) is 0.704. The highest BCUT2D eigenvalue weighted by Gasteiger charge is 2.15. The van der Waals surface area contributed by atoms with E-state index in [1.54, 1.807) is 0 Å². The summed E-state index contributed by atoms with van der Waals surface area (Å²) < 4.78 is 2.64. The first-order valence-corrected chi connectivity index (χ1v) is 19.5. The average molecular weight is 717 g/mol. The topological polar surface area (TPSA) is 25.8 Å². The minimum Gasteiger partial charge on any atom is -0.228 e. The second-order valence-corrected chi connectivity index (χ2v) is 15.2. The van der Waals surface area contributed by atoms with Crippen LogP contribution < -0.4 is 0 Å². The van der Waals surface area contributed by atoms with Crippen LogP contribution in [0.25, 0.3) is 109 Å². The molecule has 0 fully saturated rings. The van der Waals surface area contributed by atoms with Crippen LogP contribution in [0.4, 0.5) is 0 Å². The maximum absolute atomic E-state index is 5.20. The van der Waals surface area contributed by atoms with Crippen LogP contribution in [0.3, 0.4) is 0 Å². The Kier molecular flexibility index (Phi) is 7.39. The van der Waals surface area contributed by atoms with Gasteiger partial charge >= 0.3 is 0 Å². The summed E-state index contributed by atoms with van der Waals surface area (Å²) in [5, 5.41) is 10.1. The number of nitrogens with zero attached hydrogens (tertiary/aromatic N) is 2. The molecule has 256 valence electrons. The lowest BCUT2D eigenvalue weighted by molar-refractivity contribution is 1.18. The van der Waals surface area contributed by atoms with Crippen LogP contribution in [-0.4, -0.2) is 9.97 Å². The molecular formula is C52H32N2S. The van der Waals surface area contributed by atoms with Crippen LogP contribution in [0, 0.1) is 0 Å². The molecule has 0 saturated heterocycles. The van der Waals surface area contributed by atoms with Crippen molar-refractivity contribution in [2.24, 2.45) is 0 Å². The van der Waals surface area contributed by atoms with E-state index in [9.17, 15) is 0 Å². The fourth-order valence-corrected chi connectivity index (χ4v) is 9.22. The fourth-order valence-electron chi connectivity index (χ4n) is 8.14. The standard InChI is InChI=1S/C52H32N2S/c1-2-11-35(12-3-1)47-32-48(36-20-18-33(19-21-36)39-27-29-50-46(30-39)43-16-8-9-17-49(43)55-50)54-52(53-47)38-24-22-37(23-25-38)51-42-15-7-5-13-40(42)31-45-41-14-6-4-10-34(41)26-28-44(45)51/h1-32H. The predicted molar refractivity (Wildman–Crippen MR) is 235 cm³/mol. The van der Waals surface area contributed by atoms with E-state index in [1.807, 2.05) is 17.4 Å². The smallest absolute Gasteiger partial charge is 0.160 e. The fraction of sp³-hybridized carbons (Fsp3) is 0. The lowest BCUT2D eigenvalue weighted by Gasteiger charge is -2.15. The maximum Gasteiger partial charge on any atom is 0.160 e. The van der Waals surface area contributed by atoms with Crippen molar-refractivity contribution in [3.8, 4) is 56.2 Å². The third-order valence-electron chi connectivity index (χ3n) is 10.9. The SMILES string of the molecule is c1ccc(-c2cc(-c3ccc(-c4ccc5sc6ccccc6c5c4)cc3)nc(-c3ccc(-c4c5ccccc5cc5c4ccc4ccccc45)cc3)n2)cc1. The van der Waals surface area contributed by atoms with E-state index in [-0.39, 0.29) is 0 Å². The van der Waals surface area contributed by atoms with Crippen LogP contribution in [0.1, 0.15) is 0 Å². The summed E-state index contributed by atoms with van der Waals surface area (Å²) in [4.78, 5) is 10.3. The summed E-state index contributed by atoms with van der Waals surface area (Å²) >= 11 is 1.85. The number of aromatic nitrogens is 2. The van der Waals surface area contributed by atoms with Crippen LogP contribution >= 0.6 is 11.3 Å². The average Bonchev–Trinajstić information content (AvgIpc) is 3.64. The predicted octanol–water partition coefficient (Wildman–Crippen LogP) is 14.6. The molecule has 2 nitrogen and oxygen atoms in total. The molecular weight excluding hydrogens is 685 g/mol. The summed E-state index contributed by atoms with van der Waals surface area (Å²) in [6.45, 7) is 0. The minimum absolute atomic E-state index is 0.704. The van der Waals surface area contributed by atoms with Crippen molar-refractivity contribution in [3.63, 3.8) is 0 Å². The number of hydrogen-bond donors (Lipinski definition) is 0. The number of benzene rings is 9. The largest absolute Gasteiger partial charge is 0.228 e. The van der Waals surface area contributed by atoms with Crippen LogP contribution in [0.2, 0.25) is 0 Å². The van der Waals surface area contributed by atoms with Crippen molar-refractivity contribution in [2.45, 2.75) is 0 Å². The van der Waals surface area contributed by atoms with E-state index < -0.39 is 0 Å². The van der Waals surface area contributed by atoms with Gasteiger partial charge in [0.2, 0.25) is 0 Å². The Bertz CT molecular complexity index is 3230. The van der Waals surface area contributed by atoms with Crippen LogP contribution in [-0.2, 0) is 0 Å². The highest BCUT2D eigenvalue weighted by molar-refractivity contribution is 7.25. The van der Waals surface area contributed by atoms with Gasteiger partial charge in [-0.05, 0) is 84.9 Å². The normalized spacial score (nSPS) is 11.6. The molecule has 3 heteroatoms. The maximum atomic E-state index is 5.20. The van der Waals surface area contributed by atoms with Crippen LogP contribution in [0.5, 0.6) is 0 Å². The zero-order chi connectivity index (χ0) is 36.3. The van der Waals surface area contributed by atoms with Crippen molar-refractivity contribution >= 4 is 63.8 Å². The van der Waals surface area contributed by atoms with Gasteiger partial charge < -0.3 is 0 Å². The first-order valence-electron chi connectivity index (χ1n) is 18.6. The van der Waals surface area contributed by atoms with Gasteiger partial charge in [-0.1, -0.05) is 164 Å². The van der Waals surface area contributed by atoms with Gasteiger partial charge in [0.25, 0.3) is 0 Å². The molecule has 0 aliphatic rings. The van der Waals surface area contributed by atoms with Crippen molar-refractivity contribution in [2.75, 3.05) is 0 Å². The van der Waals surface area contributed by atoms with E-state index in [0.717, 1.165) is 28.1 Å². The lowest BCUT2D eigenvalue weighted by atomic mass is 9.89. The number of fused-ring (bicyclic) bond motifs is 7. The number of hydrogen-bond acceptors (Lipinski definition) is 3. The highest BCUT2D eigenvalue weighted by Crippen LogP contribution is 2.41. The minimum atomic E-state index is 0.704. The molecule has 0 atom stereocenters. The third-order valence-corrected chi connectivity index (χ3v) is 12.0. The van der Waals surface area contributed by atoms with E-state index in [2.05, 4.69) is 188 Å². The van der Waals surface area contributed by atoms with E-state index >= 15 is 0 Å². The zero-order valence-corrected chi connectivity index (χ0v) is 30.6. The van der Waals surface area contributed by atoms with Gasteiger partial charge in [-0.3, -0.25) is 0 Å². The Morgan fingerprint density at radius 3 is 1.67 bits per heavy atom. The number of thiophene rings is 1. The highest BCUT2D eigenvalue weighted by atomic mass is 32.1. The van der Waals surface area contributed by atoms with Gasteiger partial charge in [-0.2, -0.15) is 0 Å². The molecule has 0 amide bonds. The number of rotatable bonds is 5. The van der Waals surface area contributed by atoms with Gasteiger partial charge in [-0.15, -0.1) is 11.3 Å². The molecule has 0 bridgehead atoms. The summed E-state index contributed by atoms with van der Waals surface area (Å²) in [6.07, 6.45) is 0. The molecule has 9 aromatic carbocycles. The Morgan fingerprint density at radius 1 is 0.291 bits per heavy atom.